The molecule has 0 spiro atoms. The molecule has 0 aliphatic heterocycles. The number of aryl methyl sites for hydroxylation is 1. The van der Waals surface area contributed by atoms with Crippen LogP contribution in [0, 0.1) is 6.92 Å². The van der Waals surface area contributed by atoms with Crippen molar-refractivity contribution >= 4 is 5.69 Å². The van der Waals surface area contributed by atoms with Crippen molar-refractivity contribution in [3.05, 3.63) is 28.8 Å². The lowest BCUT2D eigenvalue weighted by atomic mass is 10.0. The Hall–Kier alpha value is -1.06. The number of nitrogens with two attached hydrogens (primary N) is 3. The Bertz CT molecular complexity index is 281. The maximum atomic E-state index is 5.80. The fraction of sp³-hybridized carbons (Fsp3) is 0.333. The molecular weight excluding hydrogens is 150 g/mol. The van der Waals surface area contributed by atoms with Crippen molar-refractivity contribution < 1.29 is 0 Å². The fourth-order valence-corrected chi connectivity index (χ4v) is 1.24. The van der Waals surface area contributed by atoms with Gasteiger partial charge in [0.15, 0.2) is 0 Å². The number of hydrogen-bond donors (Lipinski definition) is 3. The van der Waals surface area contributed by atoms with Gasteiger partial charge in [0, 0.05) is 18.8 Å². The van der Waals surface area contributed by atoms with E-state index in [9.17, 15) is 0 Å². The summed E-state index contributed by atoms with van der Waals surface area (Å²) in [5.41, 5.74) is 20.7. The third-order valence-electron chi connectivity index (χ3n) is 1.99. The highest BCUT2D eigenvalue weighted by Crippen LogP contribution is 2.18. The predicted molar refractivity (Wildman–Crippen MR) is 51.4 cm³/mol. The zero-order valence-corrected chi connectivity index (χ0v) is 7.30. The number of nitrogen functional groups attached to an aromatic ring is 1. The van der Waals surface area contributed by atoms with Gasteiger partial charge in [-0.05, 0) is 23.6 Å². The molecule has 1 aromatic rings. The highest BCUT2D eigenvalue weighted by molar-refractivity contribution is 5.55. The second-order valence-electron chi connectivity index (χ2n) is 2.89. The van der Waals surface area contributed by atoms with E-state index >= 15 is 0 Å². The van der Waals surface area contributed by atoms with Crippen LogP contribution in [-0.2, 0) is 13.1 Å². The molecule has 0 aliphatic carbocycles. The Kier molecular flexibility index (Phi) is 2.68. The fourth-order valence-electron chi connectivity index (χ4n) is 1.24. The van der Waals surface area contributed by atoms with Gasteiger partial charge in [0.1, 0.15) is 0 Å². The molecule has 0 radical (unpaired) electrons. The summed E-state index contributed by atoms with van der Waals surface area (Å²) in [6.45, 7) is 2.97. The average Bonchev–Trinajstić information content (AvgIpc) is 2.09. The summed E-state index contributed by atoms with van der Waals surface area (Å²) in [7, 11) is 0. The van der Waals surface area contributed by atoms with Gasteiger partial charge in [-0.25, -0.2) is 0 Å². The lowest BCUT2D eigenvalue weighted by Gasteiger charge is -2.08. The first-order valence-corrected chi connectivity index (χ1v) is 3.97. The van der Waals surface area contributed by atoms with E-state index in [1.54, 1.807) is 0 Å². The second-order valence-corrected chi connectivity index (χ2v) is 2.89. The van der Waals surface area contributed by atoms with Gasteiger partial charge >= 0.3 is 0 Å². The van der Waals surface area contributed by atoms with Crippen molar-refractivity contribution in [1.29, 1.82) is 0 Å². The molecule has 0 bridgehead atoms. The van der Waals surface area contributed by atoms with Crippen LogP contribution in [0.4, 0.5) is 5.69 Å². The van der Waals surface area contributed by atoms with E-state index < -0.39 is 0 Å². The molecule has 1 rings (SSSR count). The van der Waals surface area contributed by atoms with Gasteiger partial charge in [0.05, 0.1) is 0 Å². The third-order valence-corrected chi connectivity index (χ3v) is 1.99. The zero-order chi connectivity index (χ0) is 9.14. The maximum Gasteiger partial charge on any atom is 0.0389 e. The lowest BCUT2D eigenvalue weighted by Crippen LogP contribution is -2.06. The van der Waals surface area contributed by atoms with E-state index in [-0.39, 0.29) is 0 Å². The van der Waals surface area contributed by atoms with Crippen LogP contribution in [0.3, 0.4) is 0 Å². The van der Waals surface area contributed by atoms with Crippen LogP contribution in [-0.4, -0.2) is 0 Å². The van der Waals surface area contributed by atoms with Crippen molar-refractivity contribution in [2.45, 2.75) is 20.0 Å². The summed E-state index contributed by atoms with van der Waals surface area (Å²) in [4.78, 5) is 0. The van der Waals surface area contributed by atoms with Crippen molar-refractivity contribution in [2.75, 3.05) is 5.73 Å². The van der Waals surface area contributed by atoms with Gasteiger partial charge in [-0.15, -0.1) is 0 Å². The number of benzene rings is 1. The van der Waals surface area contributed by atoms with E-state index in [1.807, 2.05) is 19.1 Å². The normalized spacial score (nSPS) is 10.2. The van der Waals surface area contributed by atoms with E-state index in [2.05, 4.69) is 0 Å². The molecule has 0 aromatic heterocycles. The van der Waals surface area contributed by atoms with Crippen molar-refractivity contribution in [1.82, 2.24) is 0 Å². The molecule has 3 heteroatoms. The molecule has 0 amide bonds. The van der Waals surface area contributed by atoms with Gasteiger partial charge in [0.25, 0.3) is 0 Å². The Morgan fingerprint density at radius 3 is 2.33 bits per heavy atom. The summed E-state index contributed by atoms with van der Waals surface area (Å²) in [6.07, 6.45) is 0. The van der Waals surface area contributed by atoms with E-state index in [4.69, 9.17) is 17.2 Å². The first-order valence-electron chi connectivity index (χ1n) is 3.97. The van der Waals surface area contributed by atoms with Crippen LogP contribution in [0.15, 0.2) is 12.1 Å². The first-order chi connectivity index (χ1) is 5.69. The Morgan fingerprint density at radius 2 is 1.83 bits per heavy atom. The topological polar surface area (TPSA) is 78.1 Å². The van der Waals surface area contributed by atoms with Crippen LogP contribution in [0.25, 0.3) is 0 Å². The smallest absolute Gasteiger partial charge is 0.0389 e. The summed E-state index contributed by atoms with van der Waals surface area (Å²) in [5.74, 6) is 0. The molecule has 66 valence electrons. The number of rotatable bonds is 2. The molecule has 0 heterocycles. The van der Waals surface area contributed by atoms with Gasteiger partial charge in [-0.1, -0.05) is 12.1 Å². The minimum absolute atomic E-state index is 0.473. The van der Waals surface area contributed by atoms with Crippen LogP contribution in [0.1, 0.15) is 16.7 Å². The van der Waals surface area contributed by atoms with Crippen LogP contribution < -0.4 is 17.2 Å². The van der Waals surface area contributed by atoms with Crippen molar-refractivity contribution in [3.63, 3.8) is 0 Å². The monoisotopic (exact) mass is 165 g/mol. The van der Waals surface area contributed by atoms with Crippen LogP contribution >= 0.6 is 0 Å². The minimum atomic E-state index is 0.473. The number of hydrogen-bond acceptors (Lipinski definition) is 3. The average molecular weight is 165 g/mol. The first kappa shape index (κ1) is 9.03. The Morgan fingerprint density at radius 1 is 1.17 bits per heavy atom. The minimum Gasteiger partial charge on any atom is -0.398 e. The van der Waals surface area contributed by atoms with E-state index in [0.717, 1.165) is 22.4 Å². The highest BCUT2D eigenvalue weighted by Gasteiger charge is 2.02. The van der Waals surface area contributed by atoms with Crippen LogP contribution in [0.5, 0.6) is 0 Å². The standard InChI is InChI=1S/C9H15N3/c1-6-2-7(4-10)3-8(5-11)9(6)12/h2-3H,4-5,10-12H2,1H3. The zero-order valence-electron chi connectivity index (χ0n) is 7.30. The van der Waals surface area contributed by atoms with Gasteiger partial charge in [-0.2, -0.15) is 0 Å². The molecule has 0 saturated heterocycles. The van der Waals surface area contributed by atoms with Crippen molar-refractivity contribution in [3.8, 4) is 0 Å². The summed E-state index contributed by atoms with van der Waals surface area (Å²) < 4.78 is 0. The molecule has 0 unspecified atom stereocenters. The lowest BCUT2D eigenvalue weighted by molar-refractivity contribution is 1.02. The molecule has 12 heavy (non-hydrogen) atoms. The summed E-state index contributed by atoms with van der Waals surface area (Å²) in [5, 5.41) is 0. The van der Waals surface area contributed by atoms with Crippen LogP contribution in [0.2, 0.25) is 0 Å². The van der Waals surface area contributed by atoms with Gasteiger partial charge in [0.2, 0.25) is 0 Å². The summed E-state index contributed by atoms with van der Waals surface area (Å²) >= 11 is 0. The maximum absolute atomic E-state index is 5.80. The van der Waals surface area contributed by atoms with E-state index in [1.165, 1.54) is 0 Å². The molecule has 0 aliphatic rings. The highest BCUT2D eigenvalue weighted by atomic mass is 14.6. The predicted octanol–water partition coefficient (Wildman–Crippen LogP) is 0.495. The second kappa shape index (κ2) is 3.56. The van der Waals surface area contributed by atoms with Gasteiger partial charge in [-0.3, -0.25) is 0 Å². The molecule has 6 N–H and O–H groups in total. The largest absolute Gasteiger partial charge is 0.398 e. The Balaban J connectivity index is 3.19. The van der Waals surface area contributed by atoms with E-state index in [0.29, 0.717) is 13.1 Å². The Labute approximate surface area is 72.5 Å². The number of anilines is 1. The molecule has 0 atom stereocenters. The molecule has 0 fully saturated rings. The third kappa shape index (κ3) is 1.57. The summed E-state index contributed by atoms with van der Waals surface area (Å²) in [6, 6.07) is 3.96. The van der Waals surface area contributed by atoms with Gasteiger partial charge < -0.3 is 17.2 Å². The molecular formula is C9H15N3. The van der Waals surface area contributed by atoms with Crippen molar-refractivity contribution in [2.24, 2.45) is 11.5 Å². The molecule has 0 saturated carbocycles. The SMILES string of the molecule is Cc1cc(CN)cc(CN)c1N. The molecule has 3 nitrogen and oxygen atoms in total. The molecule has 1 aromatic carbocycles. The quantitative estimate of drug-likeness (QED) is 0.558.